The smallest absolute Gasteiger partial charge is 0.420 e. The van der Waals surface area contributed by atoms with Crippen molar-refractivity contribution < 1.29 is 13.6 Å². The molecule has 2 aromatic heterocycles. The van der Waals surface area contributed by atoms with Gasteiger partial charge in [-0.3, -0.25) is 9.36 Å². The molecule has 130 valence electrons. The van der Waals surface area contributed by atoms with Gasteiger partial charge in [-0.15, -0.1) is 0 Å². The van der Waals surface area contributed by atoms with Crippen LogP contribution in [0, 0.1) is 0 Å². The summed E-state index contributed by atoms with van der Waals surface area (Å²) in [6.45, 7) is -0.139. The number of benzene rings is 2. The highest BCUT2D eigenvalue weighted by Gasteiger charge is 2.20. The van der Waals surface area contributed by atoms with Crippen LogP contribution in [-0.2, 0) is 11.3 Å². The van der Waals surface area contributed by atoms with Crippen molar-refractivity contribution in [1.29, 1.82) is 0 Å². The summed E-state index contributed by atoms with van der Waals surface area (Å²) in [7, 11) is 0. The first-order valence-corrected chi connectivity index (χ1v) is 8.18. The Labute approximate surface area is 148 Å². The SMILES string of the molecule is O=C(Cn1c(=O)oc2ccccc21)NC(c1ccccc1)c1ccco1. The van der Waals surface area contributed by atoms with E-state index in [0.717, 1.165) is 5.56 Å². The fourth-order valence-corrected chi connectivity index (χ4v) is 2.93. The first kappa shape index (κ1) is 16.0. The summed E-state index contributed by atoms with van der Waals surface area (Å²) in [5.41, 5.74) is 1.93. The third-order valence-electron chi connectivity index (χ3n) is 4.14. The standard InChI is InChI=1S/C20H16N2O4/c23-18(13-22-15-9-4-5-10-16(15)26-20(22)24)21-19(17-11-6-12-25-17)14-7-2-1-3-8-14/h1-12,19H,13H2,(H,21,23). The lowest BCUT2D eigenvalue weighted by atomic mass is 10.0. The molecule has 2 heterocycles. The van der Waals surface area contributed by atoms with Gasteiger partial charge in [0.25, 0.3) is 0 Å². The van der Waals surface area contributed by atoms with Gasteiger partial charge in [-0.25, -0.2) is 4.79 Å². The molecule has 1 atom stereocenters. The van der Waals surface area contributed by atoms with Gasteiger partial charge in [0.15, 0.2) is 5.58 Å². The van der Waals surface area contributed by atoms with Crippen LogP contribution in [0.3, 0.4) is 0 Å². The number of para-hydroxylation sites is 2. The molecule has 0 aliphatic heterocycles. The zero-order chi connectivity index (χ0) is 17.9. The number of nitrogens with one attached hydrogen (secondary N) is 1. The van der Waals surface area contributed by atoms with Crippen molar-refractivity contribution in [2.45, 2.75) is 12.6 Å². The highest BCUT2D eigenvalue weighted by Crippen LogP contribution is 2.22. The van der Waals surface area contributed by atoms with E-state index >= 15 is 0 Å². The topological polar surface area (TPSA) is 77.4 Å². The second-order valence-electron chi connectivity index (χ2n) is 5.85. The number of hydrogen-bond acceptors (Lipinski definition) is 4. The van der Waals surface area contributed by atoms with E-state index in [1.807, 2.05) is 30.3 Å². The molecule has 0 radical (unpaired) electrons. The lowest BCUT2D eigenvalue weighted by Gasteiger charge is -2.17. The molecule has 6 heteroatoms. The quantitative estimate of drug-likeness (QED) is 0.601. The van der Waals surface area contributed by atoms with Crippen molar-refractivity contribution in [1.82, 2.24) is 9.88 Å². The zero-order valence-corrected chi connectivity index (χ0v) is 13.8. The van der Waals surface area contributed by atoms with Crippen molar-refractivity contribution in [3.8, 4) is 0 Å². The van der Waals surface area contributed by atoms with Crippen LogP contribution in [0.25, 0.3) is 11.1 Å². The predicted molar refractivity (Wildman–Crippen MR) is 95.6 cm³/mol. The first-order valence-electron chi connectivity index (χ1n) is 8.18. The van der Waals surface area contributed by atoms with Gasteiger partial charge in [-0.2, -0.15) is 0 Å². The fraction of sp³-hybridized carbons (Fsp3) is 0.100. The number of carbonyl (C=O) groups is 1. The average Bonchev–Trinajstić information content (AvgIpc) is 3.29. The van der Waals surface area contributed by atoms with E-state index in [4.69, 9.17) is 8.83 Å². The molecule has 1 unspecified atom stereocenters. The third-order valence-corrected chi connectivity index (χ3v) is 4.14. The van der Waals surface area contributed by atoms with Gasteiger partial charge < -0.3 is 14.2 Å². The van der Waals surface area contributed by atoms with Crippen LogP contribution in [0.15, 0.2) is 86.6 Å². The van der Waals surface area contributed by atoms with Crippen molar-refractivity contribution in [2.75, 3.05) is 0 Å². The Kier molecular flexibility index (Phi) is 4.15. The number of oxazole rings is 1. The lowest BCUT2D eigenvalue weighted by molar-refractivity contribution is -0.122. The van der Waals surface area contributed by atoms with Gasteiger partial charge in [0.2, 0.25) is 5.91 Å². The van der Waals surface area contributed by atoms with Crippen LogP contribution >= 0.6 is 0 Å². The van der Waals surface area contributed by atoms with E-state index in [0.29, 0.717) is 16.9 Å². The second kappa shape index (κ2) is 6.76. The highest BCUT2D eigenvalue weighted by molar-refractivity contribution is 5.80. The van der Waals surface area contributed by atoms with Crippen LogP contribution in [0.5, 0.6) is 0 Å². The summed E-state index contributed by atoms with van der Waals surface area (Å²) >= 11 is 0. The summed E-state index contributed by atoms with van der Waals surface area (Å²) in [5, 5.41) is 2.93. The Morgan fingerprint density at radius 3 is 2.54 bits per heavy atom. The Morgan fingerprint density at radius 2 is 1.77 bits per heavy atom. The van der Waals surface area contributed by atoms with Crippen molar-refractivity contribution in [3.05, 3.63) is 94.9 Å². The molecule has 0 fully saturated rings. The summed E-state index contributed by atoms with van der Waals surface area (Å²) < 4.78 is 12.0. The molecule has 0 aliphatic carbocycles. The number of furan rings is 1. The van der Waals surface area contributed by atoms with E-state index < -0.39 is 11.8 Å². The molecule has 2 aromatic carbocycles. The van der Waals surface area contributed by atoms with Crippen molar-refractivity contribution >= 4 is 17.0 Å². The maximum absolute atomic E-state index is 12.6. The lowest BCUT2D eigenvalue weighted by Crippen LogP contribution is -2.34. The molecule has 26 heavy (non-hydrogen) atoms. The minimum absolute atomic E-state index is 0.139. The third kappa shape index (κ3) is 3.04. The van der Waals surface area contributed by atoms with Gasteiger partial charge >= 0.3 is 5.76 Å². The van der Waals surface area contributed by atoms with E-state index in [1.165, 1.54) is 4.57 Å². The van der Waals surface area contributed by atoms with Crippen LogP contribution in [-0.4, -0.2) is 10.5 Å². The van der Waals surface area contributed by atoms with E-state index in [-0.39, 0.29) is 12.5 Å². The van der Waals surface area contributed by atoms with Crippen molar-refractivity contribution in [2.24, 2.45) is 0 Å². The molecule has 0 aliphatic rings. The second-order valence-corrected chi connectivity index (χ2v) is 5.85. The molecule has 0 bridgehead atoms. The largest absolute Gasteiger partial charge is 0.467 e. The normalized spacial score (nSPS) is 12.2. The molecule has 6 nitrogen and oxygen atoms in total. The predicted octanol–water partition coefficient (Wildman–Crippen LogP) is 3.09. The number of fused-ring (bicyclic) bond motifs is 1. The molecule has 0 saturated carbocycles. The van der Waals surface area contributed by atoms with Gasteiger partial charge in [-0.1, -0.05) is 42.5 Å². The van der Waals surface area contributed by atoms with Gasteiger partial charge in [0.1, 0.15) is 18.3 Å². The number of hydrogen-bond donors (Lipinski definition) is 1. The molecule has 0 saturated heterocycles. The molecule has 0 spiro atoms. The first-order chi connectivity index (χ1) is 12.7. The highest BCUT2D eigenvalue weighted by atomic mass is 16.4. The monoisotopic (exact) mass is 348 g/mol. The fourth-order valence-electron chi connectivity index (χ4n) is 2.93. The Balaban J connectivity index is 1.61. The maximum atomic E-state index is 12.6. The molecule has 4 aromatic rings. The molecular weight excluding hydrogens is 332 g/mol. The van der Waals surface area contributed by atoms with Crippen LogP contribution < -0.4 is 11.1 Å². The van der Waals surface area contributed by atoms with E-state index in [1.54, 1.807) is 42.7 Å². The zero-order valence-electron chi connectivity index (χ0n) is 13.8. The number of aromatic nitrogens is 1. The minimum atomic E-state index is -0.560. The average molecular weight is 348 g/mol. The molecule has 4 rings (SSSR count). The molecule has 1 N–H and O–H groups in total. The summed E-state index contributed by atoms with van der Waals surface area (Å²) in [6, 6.07) is 19.7. The van der Waals surface area contributed by atoms with Crippen LogP contribution in [0.4, 0.5) is 0 Å². The van der Waals surface area contributed by atoms with Crippen LogP contribution in [0.1, 0.15) is 17.4 Å². The van der Waals surface area contributed by atoms with Gasteiger partial charge in [-0.05, 0) is 29.8 Å². The summed E-state index contributed by atoms with van der Waals surface area (Å²) in [5.74, 6) is -0.256. The van der Waals surface area contributed by atoms with E-state index in [2.05, 4.69) is 5.32 Å². The summed E-state index contributed by atoms with van der Waals surface area (Å²) in [6.07, 6.45) is 1.56. The Morgan fingerprint density at radius 1 is 1.00 bits per heavy atom. The minimum Gasteiger partial charge on any atom is -0.467 e. The Hall–Kier alpha value is -3.54. The van der Waals surface area contributed by atoms with E-state index in [9.17, 15) is 9.59 Å². The molecular formula is C20H16N2O4. The van der Waals surface area contributed by atoms with Gasteiger partial charge in [0.05, 0.1) is 11.8 Å². The maximum Gasteiger partial charge on any atom is 0.420 e. The van der Waals surface area contributed by atoms with Crippen molar-refractivity contribution in [3.63, 3.8) is 0 Å². The molecule has 1 amide bonds. The van der Waals surface area contributed by atoms with Crippen LogP contribution in [0.2, 0.25) is 0 Å². The Bertz CT molecular complexity index is 1080. The number of carbonyl (C=O) groups excluding carboxylic acids is 1. The number of rotatable bonds is 5. The number of nitrogens with zero attached hydrogens (tertiary/aromatic N) is 1. The summed E-state index contributed by atoms with van der Waals surface area (Å²) in [4.78, 5) is 24.7. The number of amides is 1. The van der Waals surface area contributed by atoms with Gasteiger partial charge in [0, 0.05) is 0 Å².